The van der Waals surface area contributed by atoms with E-state index in [4.69, 9.17) is 9.05 Å². The van der Waals surface area contributed by atoms with Gasteiger partial charge in [0.1, 0.15) is 6.61 Å². The number of phosphoric ester groups is 1. The summed E-state index contributed by atoms with van der Waals surface area (Å²) in [4.78, 5) is 20.2. The zero-order valence-corrected chi connectivity index (χ0v) is 19.3. The average molecular weight is 451 g/mol. The molecule has 0 heterocycles. The molecule has 1 unspecified atom stereocenters. The van der Waals surface area contributed by atoms with Crippen LogP contribution in [-0.4, -0.2) is 30.6 Å². The Morgan fingerprint density at radius 1 is 0.969 bits per heavy atom. The van der Waals surface area contributed by atoms with Gasteiger partial charge in [0, 0.05) is 13.5 Å². The average Bonchev–Trinajstić information content (AvgIpc) is 2.75. The third-order valence-corrected chi connectivity index (χ3v) is 4.30. The first kappa shape index (κ1) is 28.7. The number of rotatable bonds is 11. The van der Waals surface area contributed by atoms with Gasteiger partial charge in [-0.15, -0.1) is 0 Å². The van der Waals surface area contributed by atoms with Crippen molar-refractivity contribution in [3.63, 3.8) is 0 Å². The number of amides is 1. The van der Waals surface area contributed by atoms with Crippen LogP contribution in [0, 0.1) is 59.2 Å². The molecule has 0 saturated heterocycles. The molecule has 1 atom stereocenters. The molecule has 0 aromatic carbocycles. The molecule has 0 fully saturated rings. The maximum absolute atomic E-state index is 11.7. The van der Waals surface area contributed by atoms with Gasteiger partial charge in [0.15, 0.2) is 0 Å². The van der Waals surface area contributed by atoms with Crippen LogP contribution in [0.2, 0.25) is 0 Å². The molecule has 0 aliphatic carbocycles. The highest BCUT2D eigenvalue weighted by atomic mass is 31.2. The summed E-state index contributed by atoms with van der Waals surface area (Å²) in [5.41, 5.74) is 6.07. The van der Waals surface area contributed by atoms with E-state index in [1.54, 1.807) is 0 Å². The third-order valence-electron chi connectivity index (χ3n) is 3.33. The maximum atomic E-state index is 11.7. The monoisotopic (exact) mass is 451 g/mol. The minimum absolute atomic E-state index is 0.0546. The molecule has 6 nitrogen and oxygen atoms in total. The predicted molar refractivity (Wildman–Crippen MR) is 124 cm³/mol. The summed E-state index contributed by atoms with van der Waals surface area (Å²) in [6, 6.07) is 0. The smallest absolute Gasteiger partial charge is 0.356 e. The van der Waals surface area contributed by atoms with Gasteiger partial charge < -0.3 is 10.2 Å². The van der Waals surface area contributed by atoms with Crippen molar-refractivity contribution >= 4 is 13.7 Å². The second-order valence-electron chi connectivity index (χ2n) is 5.91. The van der Waals surface area contributed by atoms with Crippen LogP contribution < -0.4 is 5.32 Å². The molecule has 0 aliphatic rings. The lowest BCUT2D eigenvalue weighted by Gasteiger charge is -2.10. The predicted octanol–water partition coefficient (Wildman–Crippen LogP) is 3.11. The number of phosphoric acid groups is 1. The molecule has 0 aromatic rings. The third kappa shape index (κ3) is 20.0. The van der Waals surface area contributed by atoms with Gasteiger partial charge in [0.25, 0.3) is 0 Å². The first-order valence-electron chi connectivity index (χ1n) is 9.90. The molecule has 0 bridgehead atoms. The van der Waals surface area contributed by atoms with Gasteiger partial charge in [-0.25, -0.2) is 4.57 Å². The molecule has 0 saturated carbocycles. The van der Waals surface area contributed by atoms with Gasteiger partial charge in [-0.3, -0.25) is 13.8 Å². The van der Waals surface area contributed by atoms with Crippen LogP contribution in [0.3, 0.4) is 0 Å². The van der Waals surface area contributed by atoms with Gasteiger partial charge in [0.2, 0.25) is 5.91 Å². The normalized spacial score (nSPS) is 10.1. The van der Waals surface area contributed by atoms with Crippen LogP contribution in [0.1, 0.15) is 46.0 Å². The fourth-order valence-corrected chi connectivity index (χ4v) is 2.53. The molecule has 0 aliphatic heterocycles. The molecule has 7 heteroatoms. The largest absolute Gasteiger partial charge is 0.473 e. The van der Waals surface area contributed by atoms with E-state index in [2.05, 4.69) is 82.6 Å². The molecule has 166 valence electrons. The van der Waals surface area contributed by atoms with E-state index in [1.807, 2.05) is 6.92 Å². The number of nitrogens with one attached hydrogen (secondary N) is 1. The zero-order chi connectivity index (χ0) is 23.9. The highest BCUT2D eigenvalue weighted by molar-refractivity contribution is 7.47. The fraction of sp³-hybridized carbons (Fsp3) is 0.400. The Labute approximate surface area is 191 Å². The first-order chi connectivity index (χ1) is 15.4. The van der Waals surface area contributed by atoms with Crippen LogP contribution in [0.15, 0.2) is 23.6 Å². The summed E-state index contributed by atoms with van der Waals surface area (Å²) in [6.07, 6.45) is 3.88. The Morgan fingerprint density at radius 2 is 1.59 bits per heavy atom. The molecule has 32 heavy (non-hydrogen) atoms. The van der Waals surface area contributed by atoms with Crippen molar-refractivity contribution in [3.8, 4) is 59.2 Å². The van der Waals surface area contributed by atoms with Crippen molar-refractivity contribution in [2.24, 2.45) is 0 Å². The first-order valence-corrected chi connectivity index (χ1v) is 11.4. The van der Waals surface area contributed by atoms with E-state index in [0.717, 1.165) is 31.3 Å². The summed E-state index contributed by atoms with van der Waals surface area (Å²) >= 11 is 0. The lowest BCUT2D eigenvalue weighted by atomic mass is 10.2. The molecule has 0 rings (SSSR count). The van der Waals surface area contributed by atoms with E-state index in [9.17, 15) is 14.3 Å². The maximum Gasteiger partial charge on any atom is 0.473 e. The van der Waals surface area contributed by atoms with Crippen molar-refractivity contribution in [3.05, 3.63) is 23.6 Å². The SMILES string of the molecule is C=C=C=C(C#CC#CC#CC#CC#CCOP(=O)(O)OCCCCCCNC(C)=O)CC. The Hall–Kier alpha value is -3.32. The minimum Gasteiger partial charge on any atom is -0.356 e. The summed E-state index contributed by atoms with van der Waals surface area (Å²) < 4.78 is 21.3. The summed E-state index contributed by atoms with van der Waals surface area (Å²) in [7, 11) is -4.14. The van der Waals surface area contributed by atoms with Crippen LogP contribution in [-0.2, 0) is 18.4 Å². The second-order valence-corrected chi connectivity index (χ2v) is 7.36. The fourth-order valence-electron chi connectivity index (χ4n) is 1.87. The van der Waals surface area contributed by atoms with Crippen molar-refractivity contribution in [1.29, 1.82) is 0 Å². The minimum atomic E-state index is -4.14. The standard InChI is InChI=1S/C25H26NO5P/c1-4-19-25(5-2)20-15-11-9-7-6-8-10-13-17-22-30-32(28,29)31-23-18-14-12-16-21-26-24(3)27/h1,5,12,14,16,18,21-23H2,2-3H3,(H,26,27)(H,28,29). The van der Waals surface area contributed by atoms with Crippen LogP contribution in [0.25, 0.3) is 0 Å². The summed E-state index contributed by atoms with van der Waals surface area (Å²) in [5, 5.41) is 2.70. The number of carbonyl (C=O) groups is 1. The van der Waals surface area contributed by atoms with Gasteiger partial charge in [-0.2, -0.15) is 0 Å². The summed E-state index contributed by atoms with van der Waals surface area (Å²) in [5.74, 6) is 25.3. The Morgan fingerprint density at radius 3 is 2.22 bits per heavy atom. The number of hydrogen-bond acceptors (Lipinski definition) is 4. The second kappa shape index (κ2) is 19.6. The molecule has 0 spiro atoms. The molecule has 2 N–H and O–H groups in total. The van der Waals surface area contributed by atoms with Gasteiger partial charge in [-0.1, -0.05) is 37.1 Å². The quantitative estimate of drug-likeness (QED) is 0.218. The van der Waals surface area contributed by atoms with Crippen LogP contribution >= 0.6 is 7.82 Å². The van der Waals surface area contributed by atoms with E-state index < -0.39 is 7.82 Å². The highest BCUT2D eigenvalue weighted by Gasteiger charge is 2.19. The van der Waals surface area contributed by atoms with E-state index in [1.165, 1.54) is 6.92 Å². The van der Waals surface area contributed by atoms with Gasteiger partial charge in [-0.05, 0) is 79.1 Å². The molecular weight excluding hydrogens is 425 g/mol. The lowest BCUT2D eigenvalue weighted by molar-refractivity contribution is -0.118. The lowest BCUT2D eigenvalue weighted by Crippen LogP contribution is -2.20. The van der Waals surface area contributed by atoms with E-state index in [-0.39, 0.29) is 19.1 Å². The van der Waals surface area contributed by atoms with Crippen molar-refractivity contribution in [2.75, 3.05) is 19.8 Å². The van der Waals surface area contributed by atoms with Gasteiger partial charge in [0.05, 0.1) is 12.2 Å². The topological polar surface area (TPSA) is 84.9 Å². The van der Waals surface area contributed by atoms with Crippen molar-refractivity contribution in [1.82, 2.24) is 5.32 Å². The summed E-state index contributed by atoms with van der Waals surface area (Å²) in [6.45, 7) is 7.27. The molecular formula is C25H26NO5P. The number of carbonyl (C=O) groups excluding carboxylic acids is 1. The molecule has 0 radical (unpaired) electrons. The van der Waals surface area contributed by atoms with Crippen molar-refractivity contribution < 1.29 is 23.3 Å². The van der Waals surface area contributed by atoms with E-state index >= 15 is 0 Å². The Balaban J connectivity index is 4.12. The Kier molecular flexibility index (Phi) is 17.6. The van der Waals surface area contributed by atoms with Gasteiger partial charge >= 0.3 is 7.82 Å². The number of allylic oxidation sites excluding steroid dienone is 1. The van der Waals surface area contributed by atoms with Crippen molar-refractivity contribution in [2.45, 2.75) is 46.0 Å². The highest BCUT2D eigenvalue weighted by Crippen LogP contribution is 2.42. The Bertz CT molecular complexity index is 1070. The number of hydrogen-bond donors (Lipinski definition) is 2. The molecule has 1 amide bonds. The zero-order valence-electron chi connectivity index (χ0n) is 18.4. The van der Waals surface area contributed by atoms with Crippen LogP contribution in [0.4, 0.5) is 0 Å². The number of unbranched alkanes of at least 4 members (excludes halogenated alkanes) is 3. The van der Waals surface area contributed by atoms with Crippen LogP contribution in [0.5, 0.6) is 0 Å². The molecule has 0 aromatic heterocycles. The van der Waals surface area contributed by atoms with E-state index in [0.29, 0.717) is 13.0 Å².